The van der Waals surface area contributed by atoms with Gasteiger partial charge in [0.2, 0.25) is 5.91 Å². The van der Waals surface area contributed by atoms with Crippen molar-refractivity contribution in [2.24, 2.45) is 5.92 Å². The molecule has 0 unspecified atom stereocenters. The summed E-state index contributed by atoms with van der Waals surface area (Å²) in [5, 5.41) is 7.04. The highest BCUT2D eigenvalue weighted by Gasteiger charge is 2.59. The summed E-state index contributed by atoms with van der Waals surface area (Å²) >= 11 is 5.83. The van der Waals surface area contributed by atoms with Crippen molar-refractivity contribution < 1.29 is 19.0 Å². The van der Waals surface area contributed by atoms with Gasteiger partial charge in [0.05, 0.1) is 20.3 Å². The average Bonchev–Trinajstić information content (AvgIpc) is 2.85. The van der Waals surface area contributed by atoms with Gasteiger partial charge in [-0.3, -0.25) is 9.69 Å². The van der Waals surface area contributed by atoms with Crippen molar-refractivity contribution in [3.8, 4) is 17.2 Å². The molecule has 2 aliphatic heterocycles. The third kappa shape index (κ3) is 3.82. The Morgan fingerprint density at radius 1 is 1.08 bits per heavy atom. The minimum atomic E-state index is -1.15. The highest BCUT2D eigenvalue weighted by Crippen LogP contribution is 2.52. The van der Waals surface area contributed by atoms with Gasteiger partial charge in [-0.05, 0) is 75.0 Å². The number of ether oxygens (including phenoxy) is 3. The van der Waals surface area contributed by atoms with Crippen LogP contribution in [0.25, 0.3) is 0 Å². The third-order valence-corrected chi connectivity index (χ3v) is 7.26. The number of nitrogens with one attached hydrogen (secondary N) is 2. The van der Waals surface area contributed by atoms with Crippen LogP contribution in [0.4, 0.5) is 11.4 Å². The van der Waals surface area contributed by atoms with Crippen molar-refractivity contribution in [1.82, 2.24) is 5.32 Å². The molecule has 1 fully saturated rings. The summed E-state index contributed by atoms with van der Waals surface area (Å²) in [4.78, 5) is 15.9. The molecule has 186 valence electrons. The van der Waals surface area contributed by atoms with Gasteiger partial charge in [-0.1, -0.05) is 29.8 Å². The Hall–Kier alpha value is -3.78. The Labute approximate surface area is 216 Å². The van der Waals surface area contributed by atoms with Crippen molar-refractivity contribution in [1.29, 1.82) is 0 Å². The molecule has 7 nitrogen and oxygen atoms in total. The molecular formula is C28H29N3O4S. The van der Waals surface area contributed by atoms with Crippen molar-refractivity contribution in [2.45, 2.75) is 32.5 Å². The number of nitrogens with zero attached hydrogens (tertiary/aromatic N) is 1. The maximum atomic E-state index is 14.0. The molecule has 3 atom stereocenters. The minimum Gasteiger partial charge on any atom is -0.497 e. The number of hydrogen-bond acceptors (Lipinski definition) is 5. The molecule has 1 amide bonds. The summed E-state index contributed by atoms with van der Waals surface area (Å²) in [5.41, 5.74) is 3.34. The zero-order chi connectivity index (χ0) is 25.6. The van der Waals surface area contributed by atoms with E-state index in [1.165, 1.54) is 0 Å². The molecule has 2 aliphatic rings. The highest BCUT2D eigenvalue weighted by molar-refractivity contribution is 7.80. The standard InChI is InChI=1S/C28H29N3O4S/c1-16-9-14-21(17(2)15-16)29-26(32)23-24-20-7-6-8-22(34-5)25(20)35-28(23,3)31(27(36)30-24)18-10-12-19(33-4)13-11-18/h6-15,23-24H,1-5H3,(H,29,32)(H,30,36)/t23-,24+,28+/m1/s1. The SMILES string of the molecule is COc1ccc(N2C(=S)N[C@H]3c4cccc(OC)c4O[C@@]2(C)[C@H]3C(=O)Nc2ccc(C)cc2C)cc1. The average molecular weight is 504 g/mol. The number of carbonyl (C=O) groups is 1. The van der Waals surface area contributed by atoms with E-state index >= 15 is 0 Å². The molecule has 0 saturated carbocycles. The van der Waals surface area contributed by atoms with Crippen molar-refractivity contribution in [3.63, 3.8) is 0 Å². The van der Waals surface area contributed by atoms with E-state index in [4.69, 9.17) is 26.4 Å². The number of anilines is 2. The minimum absolute atomic E-state index is 0.170. The summed E-state index contributed by atoms with van der Waals surface area (Å²) in [6, 6.07) is 18.8. The van der Waals surface area contributed by atoms with E-state index in [9.17, 15) is 4.79 Å². The largest absolute Gasteiger partial charge is 0.497 e. The number of aryl methyl sites for hydroxylation is 2. The van der Waals surface area contributed by atoms with Crippen LogP contribution in [0.5, 0.6) is 17.2 Å². The fraction of sp³-hybridized carbons (Fsp3) is 0.286. The lowest BCUT2D eigenvalue weighted by Crippen LogP contribution is -2.72. The van der Waals surface area contributed by atoms with Crippen LogP contribution in [-0.4, -0.2) is 31.0 Å². The van der Waals surface area contributed by atoms with Gasteiger partial charge >= 0.3 is 0 Å². The van der Waals surface area contributed by atoms with E-state index in [1.807, 2.05) is 86.3 Å². The second kappa shape index (κ2) is 9.02. The Morgan fingerprint density at radius 2 is 1.83 bits per heavy atom. The fourth-order valence-electron chi connectivity index (χ4n) is 5.22. The number of thiocarbonyl (C=S) groups is 1. The first-order valence-electron chi connectivity index (χ1n) is 11.8. The van der Waals surface area contributed by atoms with E-state index in [0.717, 1.165) is 33.8 Å². The molecule has 0 radical (unpaired) electrons. The number of benzene rings is 3. The van der Waals surface area contributed by atoms with Crippen LogP contribution in [0.1, 0.15) is 29.7 Å². The maximum absolute atomic E-state index is 14.0. The molecule has 0 aromatic heterocycles. The molecule has 1 saturated heterocycles. The number of rotatable bonds is 5. The predicted molar refractivity (Wildman–Crippen MR) is 144 cm³/mol. The topological polar surface area (TPSA) is 72.1 Å². The zero-order valence-electron chi connectivity index (χ0n) is 20.9. The lowest BCUT2D eigenvalue weighted by Gasteiger charge is -2.56. The van der Waals surface area contributed by atoms with E-state index < -0.39 is 17.7 Å². The molecule has 5 rings (SSSR count). The summed E-state index contributed by atoms with van der Waals surface area (Å²) in [6.45, 7) is 5.92. The molecule has 8 heteroatoms. The number of methoxy groups -OCH3 is 2. The van der Waals surface area contributed by atoms with Crippen LogP contribution >= 0.6 is 12.2 Å². The van der Waals surface area contributed by atoms with E-state index in [2.05, 4.69) is 10.6 Å². The second-order valence-electron chi connectivity index (χ2n) is 9.28. The van der Waals surface area contributed by atoms with E-state index in [1.54, 1.807) is 14.2 Å². The first kappa shape index (κ1) is 23.9. The maximum Gasteiger partial charge on any atom is 0.236 e. The van der Waals surface area contributed by atoms with E-state index in [0.29, 0.717) is 16.6 Å². The van der Waals surface area contributed by atoms with Crippen LogP contribution in [0.3, 0.4) is 0 Å². The molecule has 2 bridgehead atoms. The lowest BCUT2D eigenvalue weighted by atomic mass is 9.78. The molecule has 2 N–H and O–H groups in total. The van der Waals surface area contributed by atoms with E-state index in [-0.39, 0.29) is 5.91 Å². The van der Waals surface area contributed by atoms with Gasteiger partial charge in [0.1, 0.15) is 11.7 Å². The summed E-state index contributed by atoms with van der Waals surface area (Å²) < 4.78 is 17.7. The van der Waals surface area contributed by atoms with Crippen LogP contribution in [0.15, 0.2) is 60.7 Å². The molecule has 3 aromatic carbocycles. The van der Waals surface area contributed by atoms with Gasteiger partial charge < -0.3 is 24.8 Å². The van der Waals surface area contributed by atoms with Crippen LogP contribution in [-0.2, 0) is 4.79 Å². The van der Waals surface area contributed by atoms with Gasteiger partial charge in [-0.15, -0.1) is 0 Å². The van der Waals surface area contributed by atoms with Crippen molar-refractivity contribution >= 4 is 34.6 Å². The number of para-hydroxylation sites is 1. The number of hydrogen-bond donors (Lipinski definition) is 2. The van der Waals surface area contributed by atoms with Crippen LogP contribution < -0.4 is 29.7 Å². The smallest absolute Gasteiger partial charge is 0.236 e. The third-order valence-electron chi connectivity index (χ3n) is 6.96. The normalized spacial score (nSPS) is 22.1. The summed E-state index contributed by atoms with van der Waals surface area (Å²) in [6.07, 6.45) is 0. The number of fused-ring (bicyclic) bond motifs is 4. The Bertz CT molecular complexity index is 1340. The highest BCUT2D eigenvalue weighted by atomic mass is 32.1. The lowest BCUT2D eigenvalue weighted by molar-refractivity contribution is -0.130. The van der Waals surface area contributed by atoms with Gasteiger partial charge in [-0.25, -0.2) is 0 Å². The molecule has 0 aliphatic carbocycles. The van der Waals surface area contributed by atoms with Crippen LogP contribution in [0.2, 0.25) is 0 Å². The molecule has 2 heterocycles. The van der Waals surface area contributed by atoms with Crippen molar-refractivity contribution in [2.75, 3.05) is 24.4 Å². The molecule has 3 aromatic rings. The zero-order valence-corrected chi connectivity index (χ0v) is 21.7. The molecular weight excluding hydrogens is 474 g/mol. The molecule has 36 heavy (non-hydrogen) atoms. The Morgan fingerprint density at radius 3 is 2.50 bits per heavy atom. The monoisotopic (exact) mass is 503 g/mol. The quantitative estimate of drug-likeness (QED) is 0.468. The summed E-state index contributed by atoms with van der Waals surface area (Å²) in [7, 11) is 3.23. The van der Waals surface area contributed by atoms with Crippen molar-refractivity contribution in [3.05, 3.63) is 77.4 Å². The predicted octanol–water partition coefficient (Wildman–Crippen LogP) is 5.12. The van der Waals surface area contributed by atoms with Crippen LogP contribution in [0, 0.1) is 19.8 Å². The van der Waals surface area contributed by atoms with Gasteiger partial charge in [0.25, 0.3) is 0 Å². The fourth-order valence-corrected chi connectivity index (χ4v) is 5.63. The van der Waals surface area contributed by atoms with Gasteiger partial charge in [0.15, 0.2) is 22.3 Å². The second-order valence-corrected chi connectivity index (χ2v) is 9.67. The number of amides is 1. The Balaban J connectivity index is 1.63. The van der Waals surface area contributed by atoms with Gasteiger partial charge in [-0.2, -0.15) is 0 Å². The molecule has 0 spiro atoms. The number of carbonyl (C=O) groups excluding carboxylic acids is 1. The summed E-state index contributed by atoms with van der Waals surface area (Å²) in [5.74, 6) is 1.10. The first-order valence-corrected chi connectivity index (χ1v) is 12.2. The first-order chi connectivity index (χ1) is 17.3. The van der Waals surface area contributed by atoms with Gasteiger partial charge in [0, 0.05) is 16.9 Å². The Kier molecular flexibility index (Phi) is 6.00.